The molecule has 0 fully saturated rings. The molecule has 0 aliphatic rings. The smallest absolute Gasteiger partial charge is 0.126 e. The largest absolute Gasteiger partial charge is 0.496 e. The van der Waals surface area contributed by atoms with Crippen LogP contribution < -0.4 is 4.74 Å². The molecular formula is C13H12BrNO2. The van der Waals surface area contributed by atoms with Gasteiger partial charge in [-0.3, -0.25) is 4.98 Å². The minimum absolute atomic E-state index is 0.649. The number of methoxy groups -OCH3 is 1. The van der Waals surface area contributed by atoms with E-state index in [0.717, 1.165) is 15.6 Å². The highest BCUT2D eigenvalue weighted by Crippen LogP contribution is 2.31. The maximum atomic E-state index is 10.3. The topological polar surface area (TPSA) is 42.4 Å². The lowest BCUT2D eigenvalue weighted by molar-refractivity contribution is 0.214. The van der Waals surface area contributed by atoms with Gasteiger partial charge in [-0.15, -0.1) is 0 Å². The molecule has 0 spiro atoms. The van der Waals surface area contributed by atoms with Crippen LogP contribution in [0.3, 0.4) is 0 Å². The van der Waals surface area contributed by atoms with Gasteiger partial charge >= 0.3 is 0 Å². The van der Waals surface area contributed by atoms with E-state index in [2.05, 4.69) is 20.9 Å². The van der Waals surface area contributed by atoms with Crippen LogP contribution in [-0.2, 0) is 0 Å². The highest BCUT2D eigenvalue weighted by molar-refractivity contribution is 9.10. The predicted molar refractivity (Wildman–Crippen MR) is 69.0 cm³/mol. The zero-order valence-electron chi connectivity index (χ0n) is 9.30. The summed E-state index contributed by atoms with van der Waals surface area (Å²) in [6.07, 6.45) is 2.59. The quantitative estimate of drug-likeness (QED) is 0.946. The van der Waals surface area contributed by atoms with E-state index >= 15 is 0 Å². The number of ether oxygens (including phenoxy) is 1. The number of pyridine rings is 1. The molecule has 1 N–H and O–H groups in total. The molecule has 0 saturated heterocycles. The molecule has 1 heterocycles. The van der Waals surface area contributed by atoms with Crippen molar-refractivity contribution in [2.75, 3.05) is 7.11 Å². The molecule has 0 aliphatic carbocycles. The number of benzene rings is 1. The average molecular weight is 294 g/mol. The summed E-state index contributed by atoms with van der Waals surface area (Å²) in [4.78, 5) is 3.99. The van der Waals surface area contributed by atoms with E-state index in [0.29, 0.717) is 5.75 Å². The van der Waals surface area contributed by atoms with Gasteiger partial charge in [-0.25, -0.2) is 0 Å². The number of hydrogen-bond donors (Lipinski definition) is 1. The Kier molecular flexibility index (Phi) is 3.76. The molecule has 1 aromatic heterocycles. The number of aliphatic hydroxyl groups is 1. The summed E-state index contributed by atoms with van der Waals surface area (Å²) in [6.45, 7) is 0. The lowest BCUT2D eigenvalue weighted by Crippen LogP contribution is -2.02. The minimum atomic E-state index is -0.730. The van der Waals surface area contributed by atoms with Crippen molar-refractivity contribution >= 4 is 15.9 Å². The van der Waals surface area contributed by atoms with E-state index in [9.17, 15) is 5.11 Å². The molecule has 17 heavy (non-hydrogen) atoms. The van der Waals surface area contributed by atoms with Crippen molar-refractivity contribution in [2.45, 2.75) is 6.10 Å². The van der Waals surface area contributed by atoms with Gasteiger partial charge in [0.1, 0.15) is 11.9 Å². The van der Waals surface area contributed by atoms with E-state index in [1.54, 1.807) is 25.6 Å². The van der Waals surface area contributed by atoms with Crippen LogP contribution in [0.15, 0.2) is 47.2 Å². The average Bonchev–Trinajstić information content (AvgIpc) is 2.39. The lowest BCUT2D eigenvalue weighted by Gasteiger charge is -2.15. The first-order chi connectivity index (χ1) is 8.22. The van der Waals surface area contributed by atoms with Gasteiger partial charge in [0.2, 0.25) is 0 Å². The minimum Gasteiger partial charge on any atom is -0.496 e. The van der Waals surface area contributed by atoms with Crippen molar-refractivity contribution in [3.05, 3.63) is 58.3 Å². The number of aromatic nitrogens is 1. The highest BCUT2D eigenvalue weighted by atomic mass is 79.9. The molecule has 2 aromatic rings. The second-order valence-electron chi connectivity index (χ2n) is 3.58. The third-order valence-electron chi connectivity index (χ3n) is 2.49. The summed E-state index contributed by atoms with van der Waals surface area (Å²) in [5.74, 6) is 0.649. The van der Waals surface area contributed by atoms with Gasteiger partial charge in [0.15, 0.2) is 0 Å². The molecule has 1 unspecified atom stereocenters. The van der Waals surface area contributed by atoms with Crippen LogP contribution in [0.1, 0.15) is 17.2 Å². The molecule has 1 atom stereocenters. The Morgan fingerprint density at radius 3 is 2.82 bits per heavy atom. The zero-order valence-corrected chi connectivity index (χ0v) is 10.9. The lowest BCUT2D eigenvalue weighted by atomic mass is 10.0. The second-order valence-corrected chi connectivity index (χ2v) is 4.49. The SMILES string of the molecule is COc1cc(Br)ccc1C(O)c1cccnc1. The second kappa shape index (κ2) is 5.29. The monoisotopic (exact) mass is 293 g/mol. The van der Waals surface area contributed by atoms with Crippen molar-refractivity contribution in [1.29, 1.82) is 0 Å². The summed E-state index contributed by atoms with van der Waals surface area (Å²) < 4.78 is 6.17. The van der Waals surface area contributed by atoms with E-state index in [-0.39, 0.29) is 0 Å². The Morgan fingerprint density at radius 2 is 2.18 bits per heavy atom. The summed E-state index contributed by atoms with van der Waals surface area (Å²) in [6, 6.07) is 9.16. The Morgan fingerprint density at radius 1 is 1.35 bits per heavy atom. The highest BCUT2D eigenvalue weighted by Gasteiger charge is 2.15. The van der Waals surface area contributed by atoms with Crippen LogP contribution in [0.25, 0.3) is 0 Å². The summed E-state index contributed by atoms with van der Waals surface area (Å²) >= 11 is 3.37. The Bertz CT molecular complexity index is 502. The Labute approximate surface area is 108 Å². The van der Waals surface area contributed by atoms with Crippen LogP contribution in [0, 0.1) is 0 Å². The number of hydrogen-bond acceptors (Lipinski definition) is 3. The van der Waals surface area contributed by atoms with E-state index in [1.165, 1.54) is 0 Å². The number of nitrogens with zero attached hydrogens (tertiary/aromatic N) is 1. The summed E-state index contributed by atoms with van der Waals surface area (Å²) in [5, 5.41) is 10.3. The number of halogens is 1. The van der Waals surface area contributed by atoms with Gasteiger partial charge in [-0.05, 0) is 18.2 Å². The van der Waals surface area contributed by atoms with E-state index in [1.807, 2.05) is 24.3 Å². The van der Waals surface area contributed by atoms with Gasteiger partial charge in [-0.2, -0.15) is 0 Å². The summed E-state index contributed by atoms with van der Waals surface area (Å²) in [7, 11) is 1.58. The van der Waals surface area contributed by atoms with E-state index < -0.39 is 6.10 Å². The first kappa shape index (κ1) is 12.1. The standard InChI is InChI=1S/C13H12BrNO2/c1-17-12-7-10(14)4-5-11(12)13(16)9-3-2-6-15-8-9/h2-8,13,16H,1H3. The van der Waals surface area contributed by atoms with Gasteiger partial charge < -0.3 is 9.84 Å². The zero-order chi connectivity index (χ0) is 12.3. The molecule has 88 valence electrons. The molecule has 0 radical (unpaired) electrons. The van der Waals surface area contributed by atoms with Crippen molar-refractivity contribution in [3.8, 4) is 5.75 Å². The van der Waals surface area contributed by atoms with Crippen LogP contribution >= 0.6 is 15.9 Å². The van der Waals surface area contributed by atoms with Crippen molar-refractivity contribution < 1.29 is 9.84 Å². The molecule has 0 saturated carbocycles. The molecule has 0 amide bonds. The maximum absolute atomic E-state index is 10.3. The first-order valence-electron chi connectivity index (χ1n) is 5.14. The Hall–Kier alpha value is -1.39. The number of rotatable bonds is 3. The Balaban J connectivity index is 2.40. The molecule has 1 aromatic carbocycles. The van der Waals surface area contributed by atoms with Crippen molar-refractivity contribution in [1.82, 2.24) is 4.98 Å². The van der Waals surface area contributed by atoms with Gasteiger partial charge in [0, 0.05) is 28.0 Å². The van der Waals surface area contributed by atoms with Crippen LogP contribution in [0.4, 0.5) is 0 Å². The van der Waals surface area contributed by atoms with Gasteiger partial charge in [-0.1, -0.05) is 28.1 Å². The molecule has 0 bridgehead atoms. The molecule has 2 rings (SSSR count). The normalized spacial score (nSPS) is 12.2. The third-order valence-corrected chi connectivity index (χ3v) is 2.98. The van der Waals surface area contributed by atoms with E-state index in [4.69, 9.17) is 4.74 Å². The fraction of sp³-hybridized carbons (Fsp3) is 0.154. The van der Waals surface area contributed by atoms with Gasteiger partial charge in [0.25, 0.3) is 0 Å². The third kappa shape index (κ3) is 2.65. The summed E-state index contributed by atoms with van der Waals surface area (Å²) in [5.41, 5.74) is 1.47. The molecular weight excluding hydrogens is 282 g/mol. The van der Waals surface area contributed by atoms with Crippen LogP contribution in [0.2, 0.25) is 0 Å². The van der Waals surface area contributed by atoms with Crippen molar-refractivity contribution in [2.24, 2.45) is 0 Å². The van der Waals surface area contributed by atoms with Crippen LogP contribution in [0.5, 0.6) is 5.75 Å². The fourth-order valence-corrected chi connectivity index (χ4v) is 1.97. The number of aliphatic hydroxyl groups excluding tert-OH is 1. The van der Waals surface area contributed by atoms with Crippen LogP contribution in [-0.4, -0.2) is 17.2 Å². The van der Waals surface area contributed by atoms with Gasteiger partial charge in [0.05, 0.1) is 7.11 Å². The first-order valence-corrected chi connectivity index (χ1v) is 5.93. The predicted octanol–water partition coefficient (Wildman–Crippen LogP) is 2.93. The molecule has 4 heteroatoms. The maximum Gasteiger partial charge on any atom is 0.126 e. The van der Waals surface area contributed by atoms with Crippen molar-refractivity contribution in [3.63, 3.8) is 0 Å². The molecule has 0 aliphatic heterocycles. The molecule has 3 nitrogen and oxygen atoms in total. The fourth-order valence-electron chi connectivity index (χ4n) is 1.63.